The van der Waals surface area contributed by atoms with Gasteiger partial charge in [-0.05, 0) is 32.9 Å². The van der Waals surface area contributed by atoms with E-state index in [2.05, 4.69) is 21.7 Å². The molecule has 0 aromatic carbocycles. The number of nitrogens with zero attached hydrogens (tertiary/aromatic N) is 5. The third-order valence-electron chi connectivity index (χ3n) is 5.39. The van der Waals surface area contributed by atoms with Crippen molar-refractivity contribution in [3.63, 3.8) is 0 Å². The topological polar surface area (TPSA) is 54.3 Å². The Balaban J connectivity index is 1.71. The highest BCUT2D eigenvalue weighted by molar-refractivity contribution is 6.05. The number of hydrogen-bond acceptors (Lipinski definition) is 4. The van der Waals surface area contributed by atoms with Crippen molar-refractivity contribution in [2.75, 3.05) is 33.2 Å². The van der Waals surface area contributed by atoms with E-state index in [1.165, 1.54) is 12.8 Å². The lowest BCUT2D eigenvalue weighted by molar-refractivity contribution is 0.0666. The number of fused-ring (bicyclic) bond motifs is 1. The predicted molar refractivity (Wildman–Crippen MR) is 93.2 cm³/mol. The van der Waals surface area contributed by atoms with Crippen molar-refractivity contribution in [2.45, 2.75) is 38.6 Å². The van der Waals surface area contributed by atoms with Crippen molar-refractivity contribution in [1.82, 2.24) is 24.6 Å². The first-order valence-electron chi connectivity index (χ1n) is 8.96. The Bertz CT molecular complexity index is 754. The van der Waals surface area contributed by atoms with Gasteiger partial charge in [-0.2, -0.15) is 5.10 Å². The number of hydrogen-bond donors (Lipinski definition) is 0. The molecule has 4 rings (SSSR count). The van der Waals surface area contributed by atoms with Crippen molar-refractivity contribution in [3.05, 3.63) is 23.5 Å². The van der Waals surface area contributed by atoms with E-state index in [0.29, 0.717) is 6.04 Å². The van der Waals surface area contributed by atoms with Gasteiger partial charge in [0.25, 0.3) is 5.91 Å². The fourth-order valence-electron chi connectivity index (χ4n) is 3.92. The first-order chi connectivity index (χ1) is 11.6. The molecule has 2 aromatic rings. The van der Waals surface area contributed by atoms with E-state index >= 15 is 0 Å². The summed E-state index contributed by atoms with van der Waals surface area (Å²) < 4.78 is 2.05. The standard InChI is InChI=1S/C18H25N5O/c1-13-11-15(18(24)22-9-7-21(2)8-10-22)16-12-19-23(17(16)20-13)14-5-3-4-6-14/h11-12,14H,3-10H2,1-2H3. The molecule has 1 saturated carbocycles. The highest BCUT2D eigenvalue weighted by Crippen LogP contribution is 2.32. The van der Waals surface area contributed by atoms with Crippen molar-refractivity contribution in [2.24, 2.45) is 0 Å². The SMILES string of the molecule is Cc1cc(C(=O)N2CCN(C)CC2)c2cnn(C3CCCC3)c2n1. The molecule has 2 fully saturated rings. The number of carbonyl (C=O) groups is 1. The van der Waals surface area contributed by atoms with Gasteiger partial charge in [0.15, 0.2) is 5.65 Å². The predicted octanol–water partition coefficient (Wildman–Crippen LogP) is 2.24. The molecule has 0 bridgehead atoms. The van der Waals surface area contributed by atoms with E-state index in [1.807, 2.05) is 24.1 Å². The summed E-state index contributed by atoms with van der Waals surface area (Å²) in [4.78, 5) is 22.0. The van der Waals surface area contributed by atoms with Crippen LogP contribution in [0.15, 0.2) is 12.3 Å². The van der Waals surface area contributed by atoms with E-state index in [1.54, 1.807) is 0 Å². The fraction of sp³-hybridized carbons (Fsp3) is 0.611. The van der Waals surface area contributed by atoms with Crippen molar-refractivity contribution in [3.8, 4) is 0 Å². The van der Waals surface area contributed by atoms with Gasteiger partial charge in [-0.25, -0.2) is 9.67 Å². The summed E-state index contributed by atoms with van der Waals surface area (Å²) in [6.07, 6.45) is 6.67. The molecule has 0 atom stereocenters. The fourth-order valence-corrected chi connectivity index (χ4v) is 3.92. The summed E-state index contributed by atoms with van der Waals surface area (Å²) in [5, 5.41) is 5.49. The van der Waals surface area contributed by atoms with Crippen LogP contribution in [0.3, 0.4) is 0 Å². The Morgan fingerprint density at radius 3 is 2.58 bits per heavy atom. The molecule has 2 aliphatic rings. The molecule has 1 saturated heterocycles. The normalized spacial score (nSPS) is 20.2. The summed E-state index contributed by atoms with van der Waals surface area (Å²) in [6, 6.07) is 2.35. The molecular weight excluding hydrogens is 302 g/mol. The van der Waals surface area contributed by atoms with Gasteiger partial charge in [-0.3, -0.25) is 4.79 Å². The van der Waals surface area contributed by atoms with E-state index < -0.39 is 0 Å². The van der Waals surface area contributed by atoms with Crippen LogP contribution in [0.5, 0.6) is 0 Å². The highest BCUT2D eigenvalue weighted by atomic mass is 16.2. The maximum absolute atomic E-state index is 13.0. The lowest BCUT2D eigenvalue weighted by Crippen LogP contribution is -2.47. The summed E-state index contributed by atoms with van der Waals surface area (Å²) in [6.45, 7) is 5.40. The van der Waals surface area contributed by atoms with Crippen molar-refractivity contribution >= 4 is 16.9 Å². The zero-order valence-electron chi connectivity index (χ0n) is 14.5. The van der Waals surface area contributed by atoms with Crippen LogP contribution in [0.2, 0.25) is 0 Å². The molecule has 1 aliphatic carbocycles. The maximum Gasteiger partial charge on any atom is 0.254 e. The van der Waals surface area contributed by atoms with Crippen LogP contribution in [0.4, 0.5) is 0 Å². The Hall–Kier alpha value is -1.95. The lowest BCUT2D eigenvalue weighted by Gasteiger charge is -2.32. The van der Waals surface area contributed by atoms with Crippen molar-refractivity contribution < 1.29 is 4.79 Å². The molecule has 1 aliphatic heterocycles. The molecule has 3 heterocycles. The zero-order chi connectivity index (χ0) is 16.7. The van der Waals surface area contributed by atoms with Crippen LogP contribution >= 0.6 is 0 Å². The minimum atomic E-state index is 0.115. The van der Waals surface area contributed by atoms with Crippen LogP contribution < -0.4 is 0 Å². The summed E-state index contributed by atoms with van der Waals surface area (Å²) >= 11 is 0. The number of carbonyl (C=O) groups excluding carboxylic acids is 1. The summed E-state index contributed by atoms with van der Waals surface area (Å²) in [7, 11) is 2.10. The molecule has 0 N–H and O–H groups in total. The Kier molecular flexibility index (Phi) is 4.00. The van der Waals surface area contributed by atoms with Crippen LogP contribution in [0, 0.1) is 6.92 Å². The highest BCUT2D eigenvalue weighted by Gasteiger charge is 2.26. The Morgan fingerprint density at radius 2 is 1.88 bits per heavy atom. The molecular formula is C18H25N5O. The van der Waals surface area contributed by atoms with E-state index in [0.717, 1.165) is 61.3 Å². The average molecular weight is 327 g/mol. The van der Waals surface area contributed by atoms with Crippen molar-refractivity contribution in [1.29, 1.82) is 0 Å². The van der Waals surface area contributed by atoms with Gasteiger partial charge in [0.1, 0.15) is 0 Å². The first kappa shape index (κ1) is 15.6. The summed E-state index contributed by atoms with van der Waals surface area (Å²) in [5.74, 6) is 0.115. The zero-order valence-corrected chi connectivity index (χ0v) is 14.5. The number of rotatable bonds is 2. The smallest absolute Gasteiger partial charge is 0.254 e. The molecule has 6 nitrogen and oxygen atoms in total. The van der Waals surface area contributed by atoms with E-state index in [9.17, 15) is 4.79 Å². The minimum absolute atomic E-state index is 0.115. The number of aromatic nitrogens is 3. The van der Waals surface area contributed by atoms with Gasteiger partial charge in [-0.1, -0.05) is 12.8 Å². The average Bonchev–Trinajstić information content (AvgIpc) is 3.23. The third kappa shape index (κ3) is 2.69. The van der Waals surface area contributed by atoms with Crippen LogP contribution in [-0.4, -0.2) is 63.7 Å². The van der Waals surface area contributed by atoms with Crippen LogP contribution in [0.25, 0.3) is 11.0 Å². The first-order valence-corrected chi connectivity index (χ1v) is 8.96. The van der Waals surface area contributed by atoms with Gasteiger partial charge in [-0.15, -0.1) is 0 Å². The monoisotopic (exact) mass is 327 g/mol. The molecule has 6 heteroatoms. The van der Waals surface area contributed by atoms with Gasteiger partial charge in [0.05, 0.1) is 23.2 Å². The maximum atomic E-state index is 13.0. The number of aryl methyl sites for hydroxylation is 1. The second kappa shape index (κ2) is 6.16. The number of piperazine rings is 1. The number of amides is 1. The van der Waals surface area contributed by atoms with Gasteiger partial charge in [0.2, 0.25) is 0 Å². The molecule has 24 heavy (non-hydrogen) atoms. The van der Waals surface area contributed by atoms with Gasteiger partial charge >= 0.3 is 0 Å². The van der Waals surface area contributed by atoms with Crippen LogP contribution in [-0.2, 0) is 0 Å². The van der Waals surface area contributed by atoms with Gasteiger partial charge in [0, 0.05) is 31.9 Å². The Morgan fingerprint density at radius 1 is 1.17 bits per heavy atom. The summed E-state index contributed by atoms with van der Waals surface area (Å²) in [5.41, 5.74) is 2.52. The molecule has 0 unspecified atom stereocenters. The Labute approximate surface area is 142 Å². The second-order valence-corrected chi connectivity index (χ2v) is 7.17. The van der Waals surface area contributed by atoms with Crippen LogP contribution in [0.1, 0.15) is 47.8 Å². The molecule has 0 spiro atoms. The molecule has 128 valence electrons. The third-order valence-corrected chi connectivity index (χ3v) is 5.39. The number of likely N-dealkylation sites (N-methyl/N-ethyl adjacent to an activating group) is 1. The molecule has 2 aromatic heterocycles. The van der Waals surface area contributed by atoms with E-state index in [-0.39, 0.29) is 5.91 Å². The molecule has 1 amide bonds. The van der Waals surface area contributed by atoms with Gasteiger partial charge < -0.3 is 9.80 Å². The second-order valence-electron chi connectivity index (χ2n) is 7.17. The lowest BCUT2D eigenvalue weighted by atomic mass is 10.1. The quantitative estimate of drug-likeness (QED) is 0.849. The molecule has 0 radical (unpaired) electrons. The number of pyridine rings is 1. The largest absolute Gasteiger partial charge is 0.336 e. The van der Waals surface area contributed by atoms with E-state index in [4.69, 9.17) is 4.98 Å². The minimum Gasteiger partial charge on any atom is -0.336 e.